The van der Waals surface area contributed by atoms with Crippen molar-refractivity contribution in [1.29, 1.82) is 0 Å². The number of benzene rings is 1. The molecule has 0 saturated carbocycles. The molecule has 0 aliphatic carbocycles. The van der Waals surface area contributed by atoms with Gasteiger partial charge < -0.3 is 10.2 Å². The van der Waals surface area contributed by atoms with E-state index in [1.54, 1.807) is 0 Å². The van der Waals surface area contributed by atoms with Crippen LogP contribution in [0.4, 0.5) is 0 Å². The average molecular weight is 266 g/mol. The second-order valence-electron chi connectivity index (χ2n) is 5.06. The Bertz CT molecular complexity index is 301. The summed E-state index contributed by atoms with van der Waals surface area (Å²) in [7, 11) is 2.20. The van der Waals surface area contributed by atoms with E-state index in [0.717, 1.165) is 37.8 Å². The zero-order chi connectivity index (χ0) is 13.2. The molecule has 1 N–H and O–H groups in total. The fourth-order valence-corrected chi connectivity index (χ4v) is 2.60. The first-order valence-corrected chi connectivity index (χ1v) is 7.74. The van der Waals surface area contributed by atoms with Gasteiger partial charge in [0, 0.05) is 30.3 Å². The minimum absolute atomic E-state index is 0.740. The maximum absolute atomic E-state index is 3.48. The summed E-state index contributed by atoms with van der Waals surface area (Å²) in [5, 5.41) is 3.48. The number of nitrogens with zero attached hydrogens (tertiary/aromatic N) is 1. The summed E-state index contributed by atoms with van der Waals surface area (Å²) in [6, 6.07) is 10.6. The van der Waals surface area contributed by atoms with E-state index >= 15 is 0 Å². The molecule has 0 heterocycles. The molecule has 1 aromatic carbocycles. The fourth-order valence-electron chi connectivity index (χ4n) is 1.61. The van der Waals surface area contributed by atoms with Gasteiger partial charge in [-0.25, -0.2) is 0 Å². The van der Waals surface area contributed by atoms with Gasteiger partial charge in [-0.15, -0.1) is 11.8 Å². The lowest BCUT2D eigenvalue weighted by Crippen LogP contribution is -2.32. The second kappa shape index (κ2) is 9.42. The van der Waals surface area contributed by atoms with Crippen molar-refractivity contribution in [3.05, 3.63) is 30.3 Å². The van der Waals surface area contributed by atoms with E-state index in [2.05, 4.69) is 61.4 Å². The number of hydrogen-bond donors (Lipinski definition) is 1. The van der Waals surface area contributed by atoms with Crippen LogP contribution in [0.25, 0.3) is 0 Å². The Morgan fingerprint density at radius 3 is 2.56 bits per heavy atom. The van der Waals surface area contributed by atoms with Crippen molar-refractivity contribution in [2.24, 2.45) is 5.92 Å². The molecule has 102 valence electrons. The first-order valence-electron chi connectivity index (χ1n) is 6.75. The maximum atomic E-state index is 3.48. The third-order valence-corrected chi connectivity index (χ3v) is 3.70. The molecule has 0 fully saturated rings. The van der Waals surface area contributed by atoms with Gasteiger partial charge in [-0.05, 0) is 31.6 Å². The topological polar surface area (TPSA) is 15.3 Å². The number of rotatable bonds is 9. The Balaban J connectivity index is 2.01. The van der Waals surface area contributed by atoms with E-state index < -0.39 is 0 Å². The van der Waals surface area contributed by atoms with Crippen LogP contribution in [0.5, 0.6) is 0 Å². The smallest absolute Gasteiger partial charge is 0.0108 e. The van der Waals surface area contributed by atoms with Crippen LogP contribution in [0.1, 0.15) is 13.8 Å². The van der Waals surface area contributed by atoms with Gasteiger partial charge in [-0.3, -0.25) is 0 Å². The molecule has 0 unspecified atom stereocenters. The highest BCUT2D eigenvalue weighted by Crippen LogP contribution is 2.16. The number of likely N-dealkylation sites (N-methyl/N-ethyl adjacent to an activating group) is 1. The van der Waals surface area contributed by atoms with Crippen LogP contribution < -0.4 is 5.32 Å². The second-order valence-corrected chi connectivity index (χ2v) is 6.23. The number of thioether (sulfide) groups is 1. The highest BCUT2D eigenvalue weighted by Gasteiger charge is 1.99. The molecule has 3 heteroatoms. The lowest BCUT2D eigenvalue weighted by Gasteiger charge is -2.17. The molecule has 0 amide bonds. The van der Waals surface area contributed by atoms with Crippen molar-refractivity contribution in [1.82, 2.24) is 10.2 Å². The Kier molecular flexibility index (Phi) is 8.14. The molecule has 0 atom stereocenters. The molecular weight excluding hydrogens is 240 g/mol. The van der Waals surface area contributed by atoms with E-state index in [9.17, 15) is 0 Å². The van der Waals surface area contributed by atoms with Gasteiger partial charge in [0.1, 0.15) is 0 Å². The van der Waals surface area contributed by atoms with Crippen molar-refractivity contribution in [2.45, 2.75) is 18.7 Å². The van der Waals surface area contributed by atoms with Crippen molar-refractivity contribution in [3.8, 4) is 0 Å². The monoisotopic (exact) mass is 266 g/mol. The number of hydrogen-bond acceptors (Lipinski definition) is 3. The highest BCUT2D eigenvalue weighted by molar-refractivity contribution is 7.99. The Labute approximate surface area is 116 Å². The van der Waals surface area contributed by atoms with Gasteiger partial charge in [0.25, 0.3) is 0 Å². The maximum Gasteiger partial charge on any atom is 0.0108 e. The zero-order valence-corrected chi connectivity index (χ0v) is 12.7. The van der Waals surface area contributed by atoms with Crippen molar-refractivity contribution in [2.75, 3.05) is 39.0 Å². The number of nitrogens with one attached hydrogen (secondary N) is 1. The van der Waals surface area contributed by atoms with E-state index in [-0.39, 0.29) is 0 Å². The Morgan fingerprint density at radius 2 is 1.89 bits per heavy atom. The van der Waals surface area contributed by atoms with Gasteiger partial charge in [-0.2, -0.15) is 0 Å². The van der Waals surface area contributed by atoms with Crippen LogP contribution in [0.15, 0.2) is 35.2 Å². The van der Waals surface area contributed by atoms with Crippen LogP contribution in [-0.2, 0) is 0 Å². The summed E-state index contributed by atoms with van der Waals surface area (Å²) >= 11 is 1.93. The van der Waals surface area contributed by atoms with Crippen molar-refractivity contribution in [3.63, 3.8) is 0 Å². The SMILES string of the molecule is CC(C)CNCCN(C)CCSc1ccccc1. The van der Waals surface area contributed by atoms with Crippen molar-refractivity contribution < 1.29 is 0 Å². The lowest BCUT2D eigenvalue weighted by molar-refractivity contribution is 0.348. The summed E-state index contributed by atoms with van der Waals surface area (Å²) < 4.78 is 0. The van der Waals surface area contributed by atoms with E-state index in [0.29, 0.717) is 0 Å². The van der Waals surface area contributed by atoms with Crippen LogP contribution in [-0.4, -0.2) is 43.9 Å². The average Bonchev–Trinajstić information content (AvgIpc) is 2.36. The lowest BCUT2D eigenvalue weighted by atomic mass is 10.2. The molecule has 0 saturated heterocycles. The summed E-state index contributed by atoms with van der Waals surface area (Å²) in [6.45, 7) is 8.96. The fraction of sp³-hybridized carbons (Fsp3) is 0.600. The van der Waals surface area contributed by atoms with Gasteiger partial charge >= 0.3 is 0 Å². The molecule has 0 bridgehead atoms. The minimum Gasteiger partial charge on any atom is -0.315 e. The molecule has 0 radical (unpaired) electrons. The summed E-state index contributed by atoms with van der Waals surface area (Å²) in [5.41, 5.74) is 0. The minimum atomic E-state index is 0.740. The van der Waals surface area contributed by atoms with E-state index in [4.69, 9.17) is 0 Å². The zero-order valence-electron chi connectivity index (χ0n) is 11.9. The molecule has 1 aromatic rings. The van der Waals surface area contributed by atoms with Gasteiger partial charge in [0.05, 0.1) is 0 Å². The van der Waals surface area contributed by atoms with Gasteiger partial charge in [0.2, 0.25) is 0 Å². The molecular formula is C15H26N2S. The third-order valence-electron chi connectivity index (χ3n) is 2.71. The van der Waals surface area contributed by atoms with Crippen LogP contribution in [0, 0.1) is 5.92 Å². The summed E-state index contributed by atoms with van der Waals surface area (Å²) in [6.07, 6.45) is 0. The normalized spacial score (nSPS) is 11.4. The van der Waals surface area contributed by atoms with Crippen molar-refractivity contribution >= 4 is 11.8 Å². The molecule has 18 heavy (non-hydrogen) atoms. The predicted octanol–water partition coefficient (Wildman–Crippen LogP) is 2.96. The summed E-state index contributed by atoms with van der Waals surface area (Å²) in [4.78, 5) is 3.76. The molecule has 1 rings (SSSR count). The van der Waals surface area contributed by atoms with Gasteiger partial charge in [-0.1, -0.05) is 32.0 Å². The first-order chi connectivity index (χ1) is 8.68. The van der Waals surface area contributed by atoms with Crippen LogP contribution in [0.3, 0.4) is 0 Å². The van der Waals surface area contributed by atoms with Crippen LogP contribution in [0.2, 0.25) is 0 Å². The first kappa shape index (κ1) is 15.5. The Morgan fingerprint density at radius 1 is 1.17 bits per heavy atom. The van der Waals surface area contributed by atoms with Gasteiger partial charge in [0.15, 0.2) is 0 Å². The van der Waals surface area contributed by atoms with E-state index in [1.165, 1.54) is 4.90 Å². The highest BCUT2D eigenvalue weighted by atomic mass is 32.2. The van der Waals surface area contributed by atoms with Crippen LogP contribution >= 0.6 is 11.8 Å². The molecule has 0 aliphatic heterocycles. The summed E-state index contributed by atoms with van der Waals surface area (Å²) in [5.74, 6) is 1.90. The third kappa shape index (κ3) is 7.75. The molecule has 0 spiro atoms. The quantitative estimate of drug-likeness (QED) is 0.546. The molecule has 0 aliphatic rings. The van der Waals surface area contributed by atoms with E-state index in [1.807, 2.05) is 11.8 Å². The molecule has 0 aromatic heterocycles. The Hall–Kier alpha value is -0.510. The molecule has 2 nitrogen and oxygen atoms in total. The largest absolute Gasteiger partial charge is 0.315 e. The standard InChI is InChI=1S/C15H26N2S/c1-14(2)13-16-9-10-17(3)11-12-18-15-7-5-4-6-8-15/h4-8,14,16H,9-13H2,1-3H3. The predicted molar refractivity (Wildman–Crippen MR) is 82.4 cm³/mol.